The SMILES string of the molecule is CN(C)c1ccc(C(=O)NCCn2ccnn2)cc1N. The number of hydrogen-bond donors (Lipinski definition) is 2. The van der Waals surface area contributed by atoms with E-state index in [0.29, 0.717) is 24.3 Å². The molecule has 0 fully saturated rings. The molecule has 0 aliphatic heterocycles. The van der Waals surface area contributed by atoms with E-state index < -0.39 is 0 Å². The van der Waals surface area contributed by atoms with Gasteiger partial charge in [0.15, 0.2) is 0 Å². The van der Waals surface area contributed by atoms with Crippen molar-refractivity contribution in [3.63, 3.8) is 0 Å². The first-order valence-corrected chi connectivity index (χ1v) is 6.27. The van der Waals surface area contributed by atoms with Crippen LogP contribution in [0.2, 0.25) is 0 Å². The maximum atomic E-state index is 12.0. The summed E-state index contributed by atoms with van der Waals surface area (Å²) in [5.74, 6) is -0.151. The van der Waals surface area contributed by atoms with Crippen molar-refractivity contribution in [2.24, 2.45) is 0 Å². The average molecular weight is 274 g/mol. The van der Waals surface area contributed by atoms with E-state index in [1.54, 1.807) is 29.2 Å². The second-order valence-corrected chi connectivity index (χ2v) is 4.59. The van der Waals surface area contributed by atoms with Gasteiger partial charge in [0.2, 0.25) is 0 Å². The lowest BCUT2D eigenvalue weighted by Crippen LogP contribution is -2.27. The van der Waals surface area contributed by atoms with Crippen LogP contribution in [0.15, 0.2) is 30.6 Å². The van der Waals surface area contributed by atoms with Crippen molar-refractivity contribution >= 4 is 17.3 Å². The van der Waals surface area contributed by atoms with Gasteiger partial charge in [-0.1, -0.05) is 5.21 Å². The number of anilines is 2. The third-order valence-corrected chi connectivity index (χ3v) is 2.87. The summed E-state index contributed by atoms with van der Waals surface area (Å²) in [4.78, 5) is 13.9. The molecule has 2 rings (SSSR count). The molecule has 0 unspecified atom stereocenters. The first-order valence-electron chi connectivity index (χ1n) is 6.27. The number of benzene rings is 1. The summed E-state index contributed by atoms with van der Waals surface area (Å²) in [6.07, 6.45) is 3.35. The Morgan fingerprint density at radius 2 is 2.25 bits per heavy atom. The van der Waals surface area contributed by atoms with Crippen LogP contribution < -0.4 is 16.0 Å². The molecule has 0 radical (unpaired) electrons. The highest BCUT2D eigenvalue weighted by molar-refractivity contribution is 5.96. The molecule has 106 valence electrons. The fraction of sp³-hybridized carbons (Fsp3) is 0.308. The molecule has 7 nitrogen and oxygen atoms in total. The highest BCUT2D eigenvalue weighted by Gasteiger charge is 2.08. The van der Waals surface area contributed by atoms with E-state index in [9.17, 15) is 4.79 Å². The summed E-state index contributed by atoms with van der Waals surface area (Å²) in [7, 11) is 3.81. The zero-order valence-electron chi connectivity index (χ0n) is 11.6. The van der Waals surface area contributed by atoms with Crippen LogP contribution in [0, 0.1) is 0 Å². The third kappa shape index (κ3) is 3.25. The summed E-state index contributed by atoms with van der Waals surface area (Å²) >= 11 is 0. The van der Waals surface area contributed by atoms with Crippen LogP contribution in [0.4, 0.5) is 11.4 Å². The van der Waals surface area contributed by atoms with E-state index in [1.165, 1.54) is 0 Å². The zero-order valence-corrected chi connectivity index (χ0v) is 11.6. The number of amides is 1. The molecule has 7 heteroatoms. The second kappa shape index (κ2) is 6.05. The second-order valence-electron chi connectivity index (χ2n) is 4.59. The monoisotopic (exact) mass is 274 g/mol. The van der Waals surface area contributed by atoms with E-state index in [0.717, 1.165) is 5.69 Å². The van der Waals surface area contributed by atoms with Crippen LogP contribution in [0.5, 0.6) is 0 Å². The number of carbonyl (C=O) groups excluding carboxylic acids is 1. The quantitative estimate of drug-likeness (QED) is 0.768. The first kappa shape index (κ1) is 13.9. The predicted molar refractivity (Wildman–Crippen MR) is 77.5 cm³/mol. The minimum atomic E-state index is -0.151. The van der Waals surface area contributed by atoms with Crippen molar-refractivity contribution in [1.29, 1.82) is 0 Å². The van der Waals surface area contributed by atoms with Crippen molar-refractivity contribution in [3.05, 3.63) is 36.2 Å². The van der Waals surface area contributed by atoms with E-state index >= 15 is 0 Å². The van der Waals surface area contributed by atoms with Crippen LogP contribution in [0.1, 0.15) is 10.4 Å². The van der Waals surface area contributed by atoms with Crippen molar-refractivity contribution < 1.29 is 4.79 Å². The maximum Gasteiger partial charge on any atom is 0.251 e. The molecule has 0 aliphatic carbocycles. The summed E-state index contributed by atoms with van der Waals surface area (Å²) in [6, 6.07) is 5.28. The molecular weight excluding hydrogens is 256 g/mol. The lowest BCUT2D eigenvalue weighted by molar-refractivity contribution is 0.0952. The molecule has 3 N–H and O–H groups in total. The molecule has 2 aromatic rings. The van der Waals surface area contributed by atoms with Gasteiger partial charge in [0.05, 0.1) is 24.1 Å². The molecular formula is C13H18N6O. The number of aromatic nitrogens is 3. The highest BCUT2D eigenvalue weighted by Crippen LogP contribution is 2.22. The van der Waals surface area contributed by atoms with Crippen molar-refractivity contribution in [1.82, 2.24) is 20.3 Å². The largest absolute Gasteiger partial charge is 0.397 e. The standard InChI is InChI=1S/C13H18N6O/c1-18(2)12-4-3-10(9-11(12)14)13(20)15-5-7-19-8-6-16-17-19/h3-4,6,8-9H,5,7,14H2,1-2H3,(H,15,20). The van der Waals surface area contributed by atoms with Crippen LogP contribution in [0.25, 0.3) is 0 Å². The number of nitrogens with zero attached hydrogens (tertiary/aromatic N) is 4. The molecule has 0 bridgehead atoms. The molecule has 0 spiro atoms. The average Bonchev–Trinajstić information content (AvgIpc) is 2.91. The van der Waals surface area contributed by atoms with Crippen LogP contribution >= 0.6 is 0 Å². The fourth-order valence-corrected chi connectivity index (χ4v) is 1.84. The smallest absolute Gasteiger partial charge is 0.251 e. The molecule has 0 aliphatic rings. The van der Waals surface area contributed by atoms with E-state index in [2.05, 4.69) is 15.6 Å². The number of nitrogens with one attached hydrogen (secondary N) is 1. The first-order chi connectivity index (χ1) is 9.58. The van der Waals surface area contributed by atoms with Gasteiger partial charge in [-0.05, 0) is 18.2 Å². The Bertz CT molecular complexity index is 579. The minimum absolute atomic E-state index is 0.151. The minimum Gasteiger partial charge on any atom is -0.397 e. The number of rotatable bonds is 5. The Balaban J connectivity index is 1.94. The molecule has 0 saturated carbocycles. The molecule has 1 aromatic heterocycles. The fourth-order valence-electron chi connectivity index (χ4n) is 1.84. The zero-order chi connectivity index (χ0) is 14.5. The molecule has 1 aromatic carbocycles. The number of nitrogens with two attached hydrogens (primary N) is 1. The molecule has 1 amide bonds. The maximum absolute atomic E-state index is 12.0. The Labute approximate surface area is 117 Å². The van der Waals surface area contributed by atoms with Crippen LogP contribution in [-0.4, -0.2) is 41.5 Å². The topological polar surface area (TPSA) is 89.1 Å². The summed E-state index contributed by atoms with van der Waals surface area (Å²) in [5, 5.41) is 10.3. The lowest BCUT2D eigenvalue weighted by Gasteiger charge is -2.15. The van der Waals surface area contributed by atoms with E-state index in [4.69, 9.17) is 5.73 Å². The number of nitrogen functional groups attached to an aromatic ring is 1. The Morgan fingerprint density at radius 1 is 1.45 bits per heavy atom. The highest BCUT2D eigenvalue weighted by atomic mass is 16.1. The lowest BCUT2D eigenvalue weighted by atomic mass is 10.1. The van der Waals surface area contributed by atoms with Crippen molar-refractivity contribution in [2.75, 3.05) is 31.3 Å². The number of hydrogen-bond acceptors (Lipinski definition) is 5. The molecule has 20 heavy (non-hydrogen) atoms. The van der Waals surface area contributed by atoms with Crippen LogP contribution in [-0.2, 0) is 6.54 Å². The summed E-state index contributed by atoms with van der Waals surface area (Å²) < 4.78 is 1.66. The van der Waals surface area contributed by atoms with E-state index in [-0.39, 0.29) is 5.91 Å². The van der Waals surface area contributed by atoms with Crippen LogP contribution in [0.3, 0.4) is 0 Å². The molecule has 0 atom stereocenters. The Morgan fingerprint density at radius 3 is 2.85 bits per heavy atom. The van der Waals surface area contributed by atoms with Crippen molar-refractivity contribution in [2.45, 2.75) is 6.54 Å². The van der Waals surface area contributed by atoms with Gasteiger partial charge in [0.1, 0.15) is 0 Å². The molecule has 0 saturated heterocycles. The van der Waals surface area contributed by atoms with Gasteiger partial charge in [-0.25, -0.2) is 0 Å². The summed E-state index contributed by atoms with van der Waals surface area (Å²) in [6.45, 7) is 1.06. The van der Waals surface area contributed by atoms with Gasteiger partial charge in [-0.2, -0.15) is 0 Å². The van der Waals surface area contributed by atoms with E-state index in [1.807, 2.05) is 25.1 Å². The van der Waals surface area contributed by atoms with Gasteiger partial charge in [-0.15, -0.1) is 5.10 Å². The van der Waals surface area contributed by atoms with Crippen molar-refractivity contribution in [3.8, 4) is 0 Å². The Kier molecular flexibility index (Phi) is 4.19. The summed E-state index contributed by atoms with van der Waals surface area (Å²) in [5.41, 5.74) is 7.94. The Hall–Kier alpha value is -2.57. The predicted octanol–water partition coefficient (Wildman–Crippen LogP) is 0.356. The third-order valence-electron chi connectivity index (χ3n) is 2.87. The number of carbonyl (C=O) groups is 1. The van der Waals surface area contributed by atoms with Gasteiger partial charge in [0, 0.05) is 32.4 Å². The molecule has 1 heterocycles. The van der Waals surface area contributed by atoms with Gasteiger partial charge in [-0.3, -0.25) is 9.48 Å². The normalized spacial score (nSPS) is 10.3. The van der Waals surface area contributed by atoms with Gasteiger partial charge in [0.25, 0.3) is 5.91 Å². The van der Waals surface area contributed by atoms with Gasteiger partial charge < -0.3 is 16.0 Å². The van der Waals surface area contributed by atoms with Gasteiger partial charge >= 0.3 is 0 Å².